The van der Waals surface area contributed by atoms with Crippen molar-refractivity contribution in [3.8, 4) is 5.88 Å². The Morgan fingerprint density at radius 2 is 1.95 bits per heavy atom. The second-order valence-corrected chi connectivity index (χ2v) is 5.67. The van der Waals surface area contributed by atoms with E-state index in [2.05, 4.69) is 9.97 Å². The van der Waals surface area contributed by atoms with E-state index in [4.69, 9.17) is 4.74 Å². The first kappa shape index (κ1) is 13.3. The van der Waals surface area contributed by atoms with Crippen molar-refractivity contribution in [1.29, 1.82) is 0 Å². The molecule has 0 aromatic carbocycles. The lowest BCUT2D eigenvalue weighted by molar-refractivity contribution is -0.137. The molecule has 1 saturated heterocycles. The molecule has 1 saturated carbocycles. The Morgan fingerprint density at radius 1 is 1.20 bits per heavy atom. The van der Waals surface area contributed by atoms with Crippen LogP contribution < -0.4 is 4.74 Å². The Kier molecular flexibility index (Phi) is 4.14. The summed E-state index contributed by atoms with van der Waals surface area (Å²) in [5.41, 5.74) is 0. The molecule has 3 rings (SSSR count). The summed E-state index contributed by atoms with van der Waals surface area (Å²) in [6.07, 6.45) is 9.71. The first-order valence-corrected chi connectivity index (χ1v) is 7.54. The molecular weight excluding hydrogens is 254 g/mol. The number of hydrogen-bond donors (Lipinski definition) is 0. The molecule has 0 spiro atoms. The molecule has 0 bridgehead atoms. The van der Waals surface area contributed by atoms with Gasteiger partial charge in [0.15, 0.2) is 0 Å². The zero-order chi connectivity index (χ0) is 13.8. The van der Waals surface area contributed by atoms with Crippen molar-refractivity contribution >= 4 is 5.91 Å². The molecule has 1 aromatic heterocycles. The van der Waals surface area contributed by atoms with Crippen LogP contribution in [0.25, 0.3) is 0 Å². The second-order valence-electron chi connectivity index (χ2n) is 5.67. The highest BCUT2D eigenvalue weighted by Gasteiger charge is 2.30. The summed E-state index contributed by atoms with van der Waals surface area (Å²) in [5.74, 6) is 1.28. The van der Waals surface area contributed by atoms with E-state index in [1.807, 2.05) is 4.90 Å². The van der Waals surface area contributed by atoms with Gasteiger partial charge in [-0.3, -0.25) is 4.79 Å². The third-order valence-electron chi connectivity index (χ3n) is 4.30. The van der Waals surface area contributed by atoms with Crippen LogP contribution in [0.15, 0.2) is 18.6 Å². The highest BCUT2D eigenvalue weighted by molar-refractivity contribution is 5.79. The Bertz CT molecular complexity index is 438. The number of hydrogen-bond acceptors (Lipinski definition) is 4. The van der Waals surface area contributed by atoms with Crippen LogP contribution in [-0.2, 0) is 4.79 Å². The Morgan fingerprint density at radius 3 is 2.60 bits per heavy atom. The molecule has 1 aliphatic heterocycles. The SMILES string of the molecule is O=C(C1CCCC1)N1CCC(Oc2ccncn2)CC1. The molecule has 20 heavy (non-hydrogen) atoms. The van der Waals surface area contributed by atoms with E-state index in [1.54, 1.807) is 12.3 Å². The zero-order valence-electron chi connectivity index (χ0n) is 11.7. The number of carbonyl (C=O) groups is 1. The van der Waals surface area contributed by atoms with Gasteiger partial charge in [0.1, 0.15) is 12.4 Å². The number of ether oxygens (including phenoxy) is 1. The van der Waals surface area contributed by atoms with Crippen LogP contribution in [-0.4, -0.2) is 40.0 Å². The third-order valence-corrected chi connectivity index (χ3v) is 4.30. The summed E-state index contributed by atoms with van der Waals surface area (Å²) in [6, 6.07) is 1.77. The van der Waals surface area contributed by atoms with Gasteiger partial charge in [-0.25, -0.2) is 9.97 Å². The minimum absolute atomic E-state index is 0.164. The molecule has 1 aromatic rings. The van der Waals surface area contributed by atoms with Crippen LogP contribution in [0.5, 0.6) is 5.88 Å². The standard InChI is InChI=1S/C15H21N3O2/c19-15(12-3-1-2-4-12)18-9-6-13(7-10-18)20-14-5-8-16-11-17-14/h5,8,11-13H,1-4,6-7,9-10H2. The Balaban J connectivity index is 1.48. The number of likely N-dealkylation sites (tertiary alicyclic amines) is 1. The lowest BCUT2D eigenvalue weighted by atomic mass is 10.0. The Hall–Kier alpha value is -1.65. The maximum absolute atomic E-state index is 12.3. The van der Waals surface area contributed by atoms with E-state index in [0.717, 1.165) is 38.8 Å². The molecule has 5 nitrogen and oxygen atoms in total. The molecule has 1 amide bonds. The number of aromatic nitrogens is 2. The number of carbonyl (C=O) groups excluding carboxylic acids is 1. The van der Waals surface area contributed by atoms with Gasteiger partial charge in [0.2, 0.25) is 11.8 Å². The summed E-state index contributed by atoms with van der Waals surface area (Å²) in [5, 5.41) is 0. The van der Waals surface area contributed by atoms with E-state index < -0.39 is 0 Å². The molecule has 0 atom stereocenters. The lowest BCUT2D eigenvalue weighted by Crippen LogP contribution is -2.44. The van der Waals surface area contributed by atoms with Gasteiger partial charge in [-0.05, 0) is 12.8 Å². The van der Waals surface area contributed by atoms with Crippen LogP contribution in [0.2, 0.25) is 0 Å². The Labute approximate surface area is 119 Å². The van der Waals surface area contributed by atoms with Crippen molar-refractivity contribution in [2.24, 2.45) is 5.92 Å². The van der Waals surface area contributed by atoms with Gasteiger partial charge in [0.05, 0.1) is 0 Å². The average molecular weight is 275 g/mol. The maximum Gasteiger partial charge on any atom is 0.225 e. The summed E-state index contributed by atoms with van der Waals surface area (Å²) >= 11 is 0. The highest BCUT2D eigenvalue weighted by Crippen LogP contribution is 2.28. The molecule has 0 radical (unpaired) electrons. The summed E-state index contributed by atoms with van der Waals surface area (Å²) in [6.45, 7) is 1.62. The van der Waals surface area contributed by atoms with Crippen molar-refractivity contribution in [2.45, 2.75) is 44.6 Å². The summed E-state index contributed by atoms with van der Waals surface area (Å²) in [7, 11) is 0. The summed E-state index contributed by atoms with van der Waals surface area (Å²) in [4.78, 5) is 22.3. The van der Waals surface area contributed by atoms with Crippen LogP contribution in [0, 0.1) is 5.92 Å². The molecule has 108 valence electrons. The van der Waals surface area contributed by atoms with Gasteiger partial charge in [-0.1, -0.05) is 12.8 Å². The normalized spacial score (nSPS) is 21.1. The molecule has 1 aliphatic carbocycles. The van der Waals surface area contributed by atoms with Crippen LogP contribution in [0.4, 0.5) is 0 Å². The molecule has 2 fully saturated rings. The average Bonchev–Trinajstić information content (AvgIpc) is 3.03. The number of amides is 1. The molecule has 2 aliphatic rings. The zero-order valence-corrected chi connectivity index (χ0v) is 11.7. The van der Waals surface area contributed by atoms with E-state index >= 15 is 0 Å². The van der Waals surface area contributed by atoms with Crippen LogP contribution >= 0.6 is 0 Å². The van der Waals surface area contributed by atoms with Crippen molar-refractivity contribution < 1.29 is 9.53 Å². The quantitative estimate of drug-likeness (QED) is 0.847. The second kappa shape index (κ2) is 6.20. The van der Waals surface area contributed by atoms with Gasteiger partial charge >= 0.3 is 0 Å². The first-order valence-electron chi connectivity index (χ1n) is 7.54. The van der Waals surface area contributed by atoms with E-state index in [9.17, 15) is 4.79 Å². The largest absolute Gasteiger partial charge is 0.474 e. The lowest BCUT2D eigenvalue weighted by Gasteiger charge is -2.33. The molecule has 0 N–H and O–H groups in total. The monoisotopic (exact) mass is 275 g/mol. The molecular formula is C15H21N3O2. The van der Waals surface area contributed by atoms with Crippen LogP contribution in [0.3, 0.4) is 0 Å². The van der Waals surface area contributed by atoms with Gasteiger partial charge < -0.3 is 9.64 Å². The topological polar surface area (TPSA) is 55.3 Å². The van der Waals surface area contributed by atoms with Crippen molar-refractivity contribution in [2.75, 3.05) is 13.1 Å². The van der Waals surface area contributed by atoms with Gasteiger partial charge in [-0.15, -0.1) is 0 Å². The fourth-order valence-electron chi connectivity index (χ4n) is 3.14. The van der Waals surface area contributed by atoms with E-state index in [-0.39, 0.29) is 12.0 Å². The highest BCUT2D eigenvalue weighted by atomic mass is 16.5. The van der Waals surface area contributed by atoms with Crippen molar-refractivity contribution in [1.82, 2.24) is 14.9 Å². The third kappa shape index (κ3) is 3.08. The van der Waals surface area contributed by atoms with E-state index in [0.29, 0.717) is 11.8 Å². The maximum atomic E-state index is 12.3. The fraction of sp³-hybridized carbons (Fsp3) is 0.667. The predicted octanol–water partition coefficient (Wildman–Crippen LogP) is 2.04. The van der Waals surface area contributed by atoms with Crippen LogP contribution in [0.1, 0.15) is 38.5 Å². The number of rotatable bonds is 3. The van der Waals surface area contributed by atoms with Gasteiger partial charge in [0.25, 0.3) is 0 Å². The first-order chi connectivity index (χ1) is 9.83. The van der Waals surface area contributed by atoms with Crippen molar-refractivity contribution in [3.05, 3.63) is 18.6 Å². The number of nitrogens with zero attached hydrogens (tertiary/aromatic N) is 3. The minimum Gasteiger partial charge on any atom is -0.474 e. The van der Waals surface area contributed by atoms with Gasteiger partial charge in [-0.2, -0.15) is 0 Å². The predicted molar refractivity (Wildman–Crippen MR) is 74.2 cm³/mol. The fourth-order valence-corrected chi connectivity index (χ4v) is 3.14. The molecule has 5 heteroatoms. The van der Waals surface area contributed by atoms with Gasteiger partial charge in [0, 0.05) is 44.1 Å². The molecule has 0 unspecified atom stereocenters. The number of piperidine rings is 1. The molecule has 2 heterocycles. The summed E-state index contributed by atoms with van der Waals surface area (Å²) < 4.78 is 5.82. The van der Waals surface area contributed by atoms with E-state index in [1.165, 1.54) is 19.2 Å². The minimum atomic E-state index is 0.164. The smallest absolute Gasteiger partial charge is 0.225 e. The van der Waals surface area contributed by atoms with Crippen molar-refractivity contribution in [3.63, 3.8) is 0 Å².